The molecule has 88 valence electrons. The molecular formula is C15H11NO2. The van der Waals surface area contributed by atoms with Crippen LogP contribution >= 0.6 is 0 Å². The standard InChI is InChI=1S/C15H11NO2/c17-14-11-6-2-3-7-12(11)15-16(14)13-8-4-1-5-10(13)9-18-15/h1-8,15H,9H2. The zero-order chi connectivity index (χ0) is 12.1. The molecule has 3 heteroatoms. The van der Waals surface area contributed by atoms with Gasteiger partial charge in [0.1, 0.15) is 0 Å². The van der Waals surface area contributed by atoms with Crippen molar-refractivity contribution in [2.45, 2.75) is 12.8 Å². The van der Waals surface area contributed by atoms with Gasteiger partial charge in [-0.3, -0.25) is 9.69 Å². The Kier molecular flexibility index (Phi) is 1.88. The van der Waals surface area contributed by atoms with Gasteiger partial charge in [0.15, 0.2) is 6.23 Å². The Morgan fingerprint density at radius 3 is 2.78 bits per heavy atom. The van der Waals surface area contributed by atoms with E-state index in [1.165, 1.54) is 0 Å². The van der Waals surface area contributed by atoms with Gasteiger partial charge in [-0.1, -0.05) is 36.4 Å². The average molecular weight is 237 g/mol. The van der Waals surface area contributed by atoms with Gasteiger partial charge < -0.3 is 4.74 Å². The minimum Gasteiger partial charge on any atom is -0.349 e. The van der Waals surface area contributed by atoms with Crippen molar-refractivity contribution < 1.29 is 9.53 Å². The summed E-state index contributed by atoms with van der Waals surface area (Å²) in [7, 11) is 0. The summed E-state index contributed by atoms with van der Waals surface area (Å²) in [6, 6.07) is 15.6. The highest BCUT2D eigenvalue weighted by molar-refractivity contribution is 6.11. The Balaban J connectivity index is 1.93. The molecule has 2 heterocycles. The molecule has 18 heavy (non-hydrogen) atoms. The molecule has 0 radical (unpaired) electrons. The van der Waals surface area contributed by atoms with E-state index < -0.39 is 0 Å². The second kappa shape index (κ2) is 3.43. The molecule has 1 atom stereocenters. The summed E-state index contributed by atoms with van der Waals surface area (Å²) in [5, 5.41) is 0. The highest BCUT2D eigenvalue weighted by atomic mass is 16.5. The van der Waals surface area contributed by atoms with Gasteiger partial charge in [-0.25, -0.2) is 0 Å². The van der Waals surface area contributed by atoms with Crippen LogP contribution in [0.1, 0.15) is 27.7 Å². The Labute approximate surface area is 105 Å². The van der Waals surface area contributed by atoms with Crippen LogP contribution in [0.25, 0.3) is 0 Å². The molecule has 3 nitrogen and oxygen atoms in total. The van der Waals surface area contributed by atoms with E-state index in [0.717, 1.165) is 22.4 Å². The van der Waals surface area contributed by atoms with Crippen molar-refractivity contribution in [1.82, 2.24) is 0 Å². The molecule has 2 aliphatic heterocycles. The normalized spacial score (nSPS) is 20.3. The van der Waals surface area contributed by atoms with Crippen LogP contribution < -0.4 is 4.90 Å². The number of nitrogens with zero attached hydrogens (tertiary/aromatic N) is 1. The number of para-hydroxylation sites is 1. The maximum absolute atomic E-state index is 12.4. The number of rotatable bonds is 0. The molecule has 0 spiro atoms. The van der Waals surface area contributed by atoms with Gasteiger partial charge in [0, 0.05) is 16.7 Å². The fourth-order valence-electron chi connectivity index (χ4n) is 2.72. The lowest BCUT2D eigenvalue weighted by Crippen LogP contribution is -2.33. The van der Waals surface area contributed by atoms with Gasteiger partial charge in [-0.2, -0.15) is 0 Å². The summed E-state index contributed by atoms with van der Waals surface area (Å²) in [4.78, 5) is 14.2. The van der Waals surface area contributed by atoms with Crippen LogP contribution in [0, 0.1) is 0 Å². The second-order valence-corrected chi connectivity index (χ2v) is 4.55. The number of hydrogen-bond acceptors (Lipinski definition) is 2. The van der Waals surface area contributed by atoms with Crippen molar-refractivity contribution in [2.24, 2.45) is 0 Å². The fraction of sp³-hybridized carbons (Fsp3) is 0.133. The number of amides is 1. The fourth-order valence-corrected chi connectivity index (χ4v) is 2.72. The van der Waals surface area contributed by atoms with Crippen molar-refractivity contribution in [3.05, 3.63) is 65.2 Å². The largest absolute Gasteiger partial charge is 0.349 e. The first-order valence-corrected chi connectivity index (χ1v) is 5.98. The molecule has 2 aromatic rings. The summed E-state index contributed by atoms with van der Waals surface area (Å²) in [5.41, 5.74) is 3.75. The third-order valence-corrected chi connectivity index (χ3v) is 3.56. The predicted octanol–water partition coefficient (Wildman–Crippen LogP) is 2.88. The number of hydrogen-bond donors (Lipinski definition) is 0. The van der Waals surface area contributed by atoms with Crippen LogP contribution in [0.3, 0.4) is 0 Å². The summed E-state index contributed by atoms with van der Waals surface area (Å²) < 4.78 is 5.83. The van der Waals surface area contributed by atoms with Gasteiger partial charge >= 0.3 is 0 Å². The topological polar surface area (TPSA) is 29.5 Å². The third-order valence-electron chi connectivity index (χ3n) is 3.56. The predicted molar refractivity (Wildman–Crippen MR) is 67.2 cm³/mol. The van der Waals surface area contributed by atoms with Crippen LogP contribution in [-0.4, -0.2) is 5.91 Å². The molecule has 0 saturated carbocycles. The lowest BCUT2D eigenvalue weighted by Gasteiger charge is -2.32. The third kappa shape index (κ3) is 1.14. The average Bonchev–Trinajstić information content (AvgIpc) is 2.73. The zero-order valence-electron chi connectivity index (χ0n) is 9.67. The molecular weight excluding hydrogens is 226 g/mol. The highest BCUT2D eigenvalue weighted by Crippen LogP contribution is 2.43. The van der Waals surface area contributed by atoms with Gasteiger partial charge in [0.25, 0.3) is 5.91 Å². The summed E-state index contributed by atoms with van der Waals surface area (Å²) in [5.74, 6) is 0.0303. The summed E-state index contributed by atoms with van der Waals surface area (Å²) >= 11 is 0. The van der Waals surface area contributed by atoms with Crippen LogP contribution in [0.2, 0.25) is 0 Å². The van der Waals surface area contributed by atoms with E-state index in [9.17, 15) is 4.79 Å². The second-order valence-electron chi connectivity index (χ2n) is 4.55. The van der Waals surface area contributed by atoms with Gasteiger partial charge in [0.05, 0.1) is 12.3 Å². The van der Waals surface area contributed by atoms with Crippen molar-refractivity contribution in [3.63, 3.8) is 0 Å². The lowest BCUT2D eigenvalue weighted by molar-refractivity contribution is 0.0319. The van der Waals surface area contributed by atoms with Gasteiger partial charge in [-0.05, 0) is 12.1 Å². The Morgan fingerprint density at radius 2 is 1.83 bits per heavy atom. The highest BCUT2D eigenvalue weighted by Gasteiger charge is 2.41. The first-order chi connectivity index (χ1) is 8.86. The van der Waals surface area contributed by atoms with E-state index >= 15 is 0 Å². The molecule has 2 aliphatic rings. The Bertz CT molecular complexity index is 650. The van der Waals surface area contributed by atoms with Crippen LogP contribution in [0.4, 0.5) is 5.69 Å². The number of benzene rings is 2. The van der Waals surface area contributed by atoms with Crippen LogP contribution in [0.5, 0.6) is 0 Å². The molecule has 0 aromatic heterocycles. The molecule has 0 saturated heterocycles. The Hall–Kier alpha value is -2.13. The maximum Gasteiger partial charge on any atom is 0.261 e. The molecule has 1 amide bonds. The first-order valence-electron chi connectivity index (χ1n) is 5.98. The van der Waals surface area contributed by atoms with E-state index in [1.54, 1.807) is 4.90 Å². The lowest BCUT2D eigenvalue weighted by atomic mass is 10.1. The van der Waals surface area contributed by atoms with Crippen LogP contribution in [0.15, 0.2) is 48.5 Å². The van der Waals surface area contributed by atoms with Crippen molar-refractivity contribution >= 4 is 11.6 Å². The molecule has 0 N–H and O–H groups in total. The smallest absolute Gasteiger partial charge is 0.261 e. The van der Waals surface area contributed by atoms with E-state index in [-0.39, 0.29) is 12.1 Å². The number of ether oxygens (including phenoxy) is 1. The monoisotopic (exact) mass is 237 g/mol. The molecule has 2 aromatic carbocycles. The van der Waals surface area contributed by atoms with E-state index in [1.807, 2.05) is 48.5 Å². The van der Waals surface area contributed by atoms with Crippen molar-refractivity contribution in [1.29, 1.82) is 0 Å². The molecule has 0 bridgehead atoms. The molecule has 0 fully saturated rings. The van der Waals surface area contributed by atoms with E-state index in [0.29, 0.717) is 6.61 Å². The molecule has 0 aliphatic carbocycles. The van der Waals surface area contributed by atoms with Crippen LogP contribution in [-0.2, 0) is 11.3 Å². The Morgan fingerprint density at radius 1 is 1.06 bits per heavy atom. The molecule has 4 rings (SSSR count). The number of carbonyl (C=O) groups excluding carboxylic acids is 1. The van der Waals surface area contributed by atoms with Gasteiger partial charge in [0.2, 0.25) is 0 Å². The minimum absolute atomic E-state index is 0.0303. The number of carbonyl (C=O) groups is 1. The van der Waals surface area contributed by atoms with Crippen molar-refractivity contribution in [2.75, 3.05) is 4.90 Å². The summed E-state index contributed by atoms with van der Waals surface area (Å²) in [6.07, 6.45) is -0.261. The van der Waals surface area contributed by atoms with E-state index in [2.05, 4.69) is 0 Å². The molecule has 1 unspecified atom stereocenters. The number of fused-ring (bicyclic) bond motifs is 5. The van der Waals surface area contributed by atoms with Crippen molar-refractivity contribution in [3.8, 4) is 0 Å². The summed E-state index contributed by atoms with van der Waals surface area (Å²) in [6.45, 7) is 0.555. The quantitative estimate of drug-likeness (QED) is 0.705. The van der Waals surface area contributed by atoms with E-state index in [4.69, 9.17) is 4.74 Å². The SMILES string of the molecule is O=C1c2ccccc2C2OCc3ccccc3N12. The first kappa shape index (κ1) is 9.85. The van der Waals surface area contributed by atoms with Gasteiger partial charge in [-0.15, -0.1) is 0 Å². The number of anilines is 1. The minimum atomic E-state index is -0.261. The maximum atomic E-state index is 12.4. The zero-order valence-corrected chi connectivity index (χ0v) is 9.67.